The zero-order chi connectivity index (χ0) is 14.2. The lowest BCUT2D eigenvalue weighted by molar-refractivity contribution is -0.385. The number of hydrogen-bond donors (Lipinski definition) is 2. The Bertz CT molecular complexity index is 656. The zero-order valence-corrected chi connectivity index (χ0v) is 11.6. The normalized spacial score (nSPS) is 16.8. The fraction of sp³-hybridized carbons (Fsp3) is 0. The molecule has 1 aliphatic heterocycles. The number of nitro benzene ring substituents is 1. The van der Waals surface area contributed by atoms with E-state index in [1.165, 1.54) is 12.1 Å². The Morgan fingerprint density at radius 3 is 2.74 bits per heavy atom. The number of hydrogen-bond acceptors (Lipinski definition) is 6. The number of rotatable bonds is 2. The van der Waals surface area contributed by atoms with Crippen LogP contribution in [0.1, 0.15) is 5.56 Å². The van der Waals surface area contributed by atoms with Gasteiger partial charge in [0.25, 0.3) is 11.6 Å². The van der Waals surface area contributed by atoms with E-state index >= 15 is 0 Å². The van der Waals surface area contributed by atoms with Gasteiger partial charge in [-0.3, -0.25) is 14.9 Å². The molecule has 0 fully saturated rings. The van der Waals surface area contributed by atoms with Gasteiger partial charge in [-0.05, 0) is 33.8 Å². The molecule has 1 amide bonds. The molecular weight excluding hydrogens is 338 g/mol. The zero-order valence-electron chi connectivity index (χ0n) is 9.16. The molecule has 98 valence electrons. The molecule has 0 aliphatic carbocycles. The minimum Gasteiger partial charge on any atom is -0.506 e. The number of non-ortho nitro benzene ring substituents is 1. The van der Waals surface area contributed by atoms with E-state index in [-0.39, 0.29) is 31.5 Å². The summed E-state index contributed by atoms with van der Waals surface area (Å²) in [4.78, 5) is 25.3. The number of aromatic hydroxyl groups is 1. The highest BCUT2D eigenvalue weighted by Gasteiger charge is 2.21. The molecule has 2 rings (SSSR count). The number of benzene rings is 1. The Labute approximate surface area is 119 Å². The number of nitro groups is 1. The minimum absolute atomic E-state index is 0.0974. The van der Waals surface area contributed by atoms with Crippen molar-refractivity contribution in [2.45, 2.75) is 0 Å². The third-order valence-corrected chi connectivity index (χ3v) is 3.63. The van der Waals surface area contributed by atoms with E-state index in [1.54, 1.807) is 0 Å². The molecule has 0 saturated carbocycles. The number of nitrogens with zero attached hydrogens (tertiary/aromatic N) is 2. The molecule has 19 heavy (non-hydrogen) atoms. The lowest BCUT2D eigenvalue weighted by atomic mass is 10.1. The quantitative estimate of drug-likeness (QED) is 0.481. The molecule has 0 atom stereocenters. The molecule has 0 aromatic heterocycles. The van der Waals surface area contributed by atoms with Gasteiger partial charge in [-0.2, -0.15) is 4.99 Å². The van der Waals surface area contributed by atoms with Crippen LogP contribution in [0.25, 0.3) is 6.08 Å². The lowest BCUT2D eigenvalue weighted by Gasteiger charge is -2.03. The number of halogens is 1. The number of amides is 1. The van der Waals surface area contributed by atoms with Gasteiger partial charge >= 0.3 is 0 Å². The van der Waals surface area contributed by atoms with Crippen LogP contribution in [0.5, 0.6) is 5.75 Å². The Morgan fingerprint density at radius 1 is 1.53 bits per heavy atom. The summed E-state index contributed by atoms with van der Waals surface area (Å²) >= 11 is 3.95. The van der Waals surface area contributed by atoms with Crippen LogP contribution in [-0.2, 0) is 4.79 Å². The number of thioether (sulfide) groups is 1. The van der Waals surface area contributed by atoms with Gasteiger partial charge in [0.15, 0.2) is 5.17 Å². The van der Waals surface area contributed by atoms with E-state index in [0.717, 1.165) is 17.8 Å². The van der Waals surface area contributed by atoms with Crippen LogP contribution >= 0.6 is 27.7 Å². The first-order valence-electron chi connectivity index (χ1n) is 4.83. The van der Waals surface area contributed by atoms with Crippen LogP contribution in [0.3, 0.4) is 0 Å². The van der Waals surface area contributed by atoms with Crippen molar-refractivity contribution in [2.24, 2.45) is 10.7 Å². The molecule has 1 aliphatic rings. The van der Waals surface area contributed by atoms with E-state index in [1.807, 2.05) is 0 Å². The van der Waals surface area contributed by atoms with Gasteiger partial charge in [0.05, 0.1) is 14.3 Å². The van der Waals surface area contributed by atoms with E-state index in [2.05, 4.69) is 20.9 Å². The van der Waals surface area contributed by atoms with Crippen LogP contribution in [0.2, 0.25) is 0 Å². The van der Waals surface area contributed by atoms with Crippen LogP contribution in [0.15, 0.2) is 26.5 Å². The maximum Gasteiger partial charge on any atom is 0.286 e. The summed E-state index contributed by atoms with van der Waals surface area (Å²) in [5.41, 5.74) is 5.32. The summed E-state index contributed by atoms with van der Waals surface area (Å²) in [5.74, 6) is -0.735. The van der Waals surface area contributed by atoms with Crippen LogP contribution in [0.4, 0.5) is 5.69 Å². The number of phenolic OH excluding ortho intramolecular Hbond substituents is 1. The summed E-state index contributed by atoms with van der Waals surface area (Å²) in [6.45, 7) is 0. The Morgan fingerprint density at radius 2 is 2.21 bits per heavy atom. The van der Waals surface area contributed by atoms with Gasteiger partial charge in [0.2, 0.25) is 0 Å². The first-order chi connectivity index (χ1) is 8.88. The molecule has 3 N–H and O–H groups in total. The molecule has 0 unspecified atom stereocenters. The molecule has 1 aromatic carbocycles. The molecule has 1 heterocycles. The largest absolute Gasteiger partial charge is 0.506 e. The van der Waals surface area contributed by atoms with Gasteiger partial charge in [0, 0.05) is 17.7 Å². The first-order valence-corrected chi connectivity index (χ1v) is 6.44. The summed E-state index contributed by atoms with van der Waals surface area (Å²) in [7, 11) is 0. The summed E-state index contributed by atoms with van der Waals surface area (Å²) in [5, 5.41) is 20.6. The predicted molar refractivity (Wildman–Crippen MR) is 74.7 cm³/mol. The van der Waals surface area contributed by atoms with Crippen molar-refractivity contribution in [3.8, 4) is 5.75 Å². The minimum atomic E-state index is -0.597. The van der Waals surface area contributed by atoms with Crippen molar-refractivity contribution < 1.29 is 14.8 Å². The van der Waals surface area contributed by atoms with Crippen molar-refractivity contribution in [1.29, 1.82) is 0 Å². The maximum absolute atomic E-state index is 11.4. The highest BCUT2D eigenvalue weighted by molar-refractivity contribution is 9.10. The topological polar surface area (TPSA) is 119 Å². The molecule has 0 saturated heterocycles. The van der Waals surface area contributed by atoms with Gasteiger partial charge < -0.3 is 10.8 Å². The Balaban J connectivity index is 2.49. The smallest absolute Gasteiger partial charge is 0.286 e. The molecule has 9 heteroatoms. The monoisotopic (exact) mass is 343 g/mol. The third-order valence-electron chi connectivity index (χ3n) is 2.21. The number of amidine groups is 1. The maximum atomic E-state index is 11.4. The first kappa shape index (κ1) is 13.6. The molecule has 0 bridgehead atoms. The van der Waals surface area contributed by atoms with E-state index in [0.29, 0.717) is 0 Å². The van der Waals surface area contributed by atoms with Gasteiger partial charge in [-0.25, -0.2) is 0 Å². The van der Waals surface area contributed by atoms with E-state index in [4.69, 9.17) is 5.73 Å². The average Bonchev–Trinajstić information content (AvgIpc) is 2.63. The van der Waals surface area contributed by atoms with Crippen LogP contribution < -0.4 is 5.73 Å². The third kappa shape index (κ3) is 2.76. The fourth-order valence-electron chi connectivity index (χ4n) is 1.39. The van der Waals surface area contributed by atoms with E-state index in [9.17, 15) is 20.0 Å². The number of aliphatic imine (C=N–C) groups is 1. The number of phenols is 1. The van der Waals surface area contributed by atoms with Gasteiger partial charge in [-0.15, -0.1) is 0 Å². The summed E-state index contributed by atoms with van der Waals surface area (Å²) < 4.78 is 0.165. The second kappa shape index (κ2) is 5.02. The highest BCUT2D eigenvalue weighted by Crippen LogP contribution is 2.36. The standard InChI is InChI=1S/C10H6BrN3O4S/c11-6-3-5(14(17)18)1-4(8(6)15)2-7-9(16)13-10(12)19-7/h1-3,15H,(H2,12,13,16)/b7-2+. The van der Waals surface area contributed by atoms with Crippen molar-refractivity contribution in [1.82, 2.24) is 0 Å². The Hall–Kier alpha value is -1.87. The number of nitrogens with two attached hydrogens (primary N) is 1. The number of carbonyl (C=O) groups is 1. The second-order valence-electron chi connectivity index (χ2n) is 3.49. The van der Waals surface area contributed by atoms with Crippen molar-refractivity contribution >= 4 is 50.5 Å². The van der Waals surface area contributed by atoms with Crippen molar-refractivity contribution in [3.05, 3.63) is 37.2 Å². The second-order valence-corrected chi connectivity index (χ2v) is 5.40. The lowest BCUT2D eigenvalue weighted by Crippen LogP contribution is -2.01. The van der Waals surface area contributed by atoms with E-state index < -0.39 is 10.8 Å². The summed E-state index contributed by atoms with van der Waals surface area (Å²) in [6.07, 6.45) is 1.31. The molecule has 0 spiro atoms. The highest BCUT2D eigenvalue weighted by atomic mass is 79.9. The SMILES string of the molecule is NC1=NC(=O)/C(=C\c2cc([N+](=O)[O-])cc(Br)c2O)S1. The van der Waals surface area contributed by atoms with Gasteiger partial charge in [-0.1, -0.05) is 0 Å². The predicted octanol–water partition coefficient (Wildman–Crippen LogP) is 1.99. The molecule has 0 radical (unpaired) electrons. The van der Waals surface area contributed by atoms with Crippen molar-refractivity contribution in [3.63, 3.8) is 0 Å². The fourth-order valence-corrected chi connectivity index (χ4v) is 2.52. The molecule has 7 nitrogen and oxygen atoms in total. The van der Waals surface area contributed by atoms with Gasteiger partial charge in [0.1, 0.15) is 5.75 Å². The van der Waals surface area contributed by atoms with Crippen molar-refractivity contribution in [2.75, 3.05) is 0 Å². The average molecular weight is 344 g/mol. The summed E-state index contributed by atoms with van der Waals surface area (Å²) in [6, 6.07) is 2.33. The molecular formula is C10H6BrN3O4S. The van der Waals surface area contributed by atoms with Crippen LogP contribution in [-0.4, -0.2) is 21.1 Å². The Kier molecular flexibility index (Phi) is 3.58. The number of carbonyl (C=O) groups excluding carboxylic acids is 1. The van der Waals surface area contributed by atoms with Crippen LogP contribution in [0, 0.1) is 10.1 Å². The molecule has 1 aromatic rings.